The first kappa shape index (κ1) is 17.4. The molecule has 4 nitrogen and oxygen atoms in total. The predicted octanol–water partition coefficient (Wildman–Crippen LogP) is 4.02. The van der Waals surface area contributed by atoms with Crippen molar-refractivity contribution in [2.45, 2.75) is 31.3 Å². The fraction of sp³-hybridized carbons (Fsp3) is 0.467. The molecule has 2 aliphatic rings. The Kier molecular flexibility index (Phi) is 5.42. The van der Waals surface area contributed by atoms with Gasteiger partial charge in [-0.25, -0.2) is 4.98 Å². The Balaban J connectivity index is 0.00000156. The minimum Gasteiger partial charge on any atom is -0.336 e. The number of rotatable bonds is 2. The number of nitrogens with zero attached hydrogens (tertiary/aromatic N) is 2. The summed E-state index contributed by atoms with van der Waals surface area (Å²) in [5.74, 6) is 0.0764. The number of halogens is 2. The summed E-state index contributed by atoms with van der Waals surface area (Å²) in [6.07, 6.45) is 3.48. The first-order chi connectivity index (χ1) is 10.7. The van der Waals surface area contributed by atoms with Crippen LogP contribution in [-0.4, -0.2) is 41.0 Å². The van der Waals surface area contributed by atoms with E-state index in [1.54, 1.807) is 22.7 Å². The van der Waals surface area contributed by atoms with E-state index in [9.17, 15) is 4.79 Å². The Hall–Kier alpha value is -0.470. The van der Waals surface area contributed by atoms with E-state index in [0.29, 0.717) is 17.8 Å². The van der Waals surface area contributed by atoms with E-state index in [4.69, 9.17) is 0 Å². The third-order valence-corrected chi connectivity index (χ3v) is 6.95. The highest BCUT2D eigenvalue weighted by atomic mass is 79.9. The minimum absolute atomic E-state index is 0. The number of hydrogen-bond acceptors (Lipinski definition) is 5. The highest BCUT2D eigenvalue weighted by Gasteiger charge is 2.32. The molecule has 2 aromatic heterocycles. The molecule has 2 aromatic rings. The molecule has 2 fully saturated rings. The standard InChI is InChI=1S/C15H16BrN3OS2.ClH/c16-13-4-3-12(22-13)14-18-11(8-21-14)15(20)19-6-5-9-1-2-10(7-19)17-9;/h3-4,8-10,17H,1-2,5-7H2;1H. The van der Waals surface area contributed by atoms with Crippen LogP contribution in [0.1, 0.15) is 29.8 Å². The van der Waals surface area contributed by atoms with Crippen LogP contribution in [0.15, 0.2) is 21.3 Å². The van der Waals surface area contributed by atoms with Crippen molar-refractivity contribution in [2.24, 2.45) is 0 Å². The fourth-order valence-electron chi connectivity index (χ4n) is 3.20. The molecule has 2 atom stereocenters. The van der Waals surface area contributed by atoms with Gasteiger partial charge in [0.25, 0.3) is 5.91 Å². The summed E-state index contributed by atoms with van der Waals surface area (Å²) in [5, 5.41) is 6.42. The molecule has 0 spiro atoms. The van der Waals surface area contributed by atoms with Crippen LogP contribution in [0.25, 0.3) is 9.88 Å². The molecule has 0 aliphatic carbocycles. The topological polar surface area (TPSA) is 45.2 Å². The number of nitrogens with one attached hydrogen (secondary N) is 1. The molecule has 4 heterocycles. The summed E-state index contributed by atoms with van der Waals surface area (Å²) in [4.78, 5) is 20.3. The molecule has 2 bridgehead atoms. The Morgan fingerprint density at radius 3 is 2.91 bits per heavy atom. The molecule has 2 saturated heterocycles. The lowest BCUT2D eigenvalue weighted by atomic mass is 10.1. The number of aromatic nitrogens is 1. The van der Waals surface area contributed by atoms with E-state index >= 15 is 0 Å². The van der Waals surface area contributed by atoms with Crippen molar-refractivity contribution < 1.29 is 4.79 Å². The lowest BCUT2D eigenvalue weighted by molar-refractivity contribution is 0.0743. The zero-order chi connectivity index (χ0) is 15.1. The summed E-state index contributed by atoms with van der Waals surface area (Å²) in [5.41, 5.74) is 0.585. The summed E-state index contributed by atoms with van der Waals surface area (Å²) >= 11 is 6.66. The molecule has 8 heteroatoms. The van der Waals surface area contributed by atoms with Crippen molar-refractivity contribution in [2.75, 3.05) is 13.1 Å². The molecule has 0 aromatic carbocycles. The van der Waals surface area contributed by atoms with Crippen LogP contribution in [0, 0.1) is 0 Å². The summed E-state index contributed by atoms with van der Waals surface area (Å²) in [6, 6.07) is 5.11. The monoisotopic (exact) mass is 433 g/mol. The number of thiophene rings is 1. The lowest BCUT2D eigenvalue weighted by Gasteiger charge is -2.23. The van der Waals surface area contributed by atoms with Crippen molar-refractivity contribution >= 4 is 56.9 Å². The van der Waals surface area contributed by atoms with E-state index in [0.717, 1.165) is 33.2 Å². The lowest BCUT2D eigenvalue weighted by Crippen LogP contribution is -2.39. The van der Waals surface area contributed by atoms with Gasteiger partial charge in [-0.3, -0.25) is 4.79 Å². The highest BCUT2D eigenvalue weighted by Crippen LogP contribution is 2.33. The number of hydrogen-bond donors (Lipinski definition) is 1. The van der Waals surface area contributed by atoms with Gasteiger partial charge in [-0.1, -0.05) is 0 Å². The number of amides is 1. The van der Waals surface area contributed by atoms with Gasteiger partial charge in [0.15, 0.2) is 0 Å². The van der Waals surface area contributed by atoms with Crippen LogP contribution in [0.3, 0.4) is 0 Å². The third-order valence-electron chi connectivity index (χ3n) is 4.32. The quantitative estimate of drug-likeness (QED) is 0.776. The van der Waals surface area contributed by atoms with Gasteiger partial charge in [0.1, 0.15) is 10.7 Å². The number of carbonyl (C=O) groups is 1. The Morgan fingerprint density at radius 1 is 1.30 bits per heavy atom. The molecule has 0 saturated carbocycles. The van der Waals surface area contributed by atoms with Crippen molar-refractivity contribution in [1.29, 1.82) is 0 Å². The Bertz CT molecular complexity index is 704. The first-order valence-electron chi connectivity index (χ1n) is 7.45. The van der Waals surface area contributed by atoms with Gasteiger partial charge in [0.05, 0.1) is 8.66 Å². The molecule has 2 unspecified atom stereocenters. The molecule has 1 amide bonds. The Labute approximate surface area is 157 Å². The van der Waals surface area contributed by atoms with Crippen LogP contribution < -0.4 is 5.32 Å². The zero-order valence-corrected chi connectivity index (χ0v) is 16.4. The SMILES string of the molecule is Cl.O=C(c1csc(-c2ccc(Br)s2)n1)N1CCC2CCC(C1)N2. The number of thiazole rings is 1. The highest BCUT2D eigenvalue weighted by molar-refractivity contribution is 9.11. The van der Waals surface area contributed by atoms with Crippen LogP contribution in [0.2, 0.25) is 0 Å². The molecular formula is C15H17BrClN3OS2. The Morgan fingerprint density at radius 2 is 2.13 bits per heavy atom. The van der Waals surface area contributed by atoms with Crippen LogP contribution in [-0.2, 0) is 0 Å². The summed E-state index contributed by atoms with van der Waals surface area (Å²) < 4.78 is 1.08. The average Bonchev–Trinajstić information content (AvgIpc) is 3.18. The molecule has 4 rings (SSSR count). The predicted molar refractivity (Wildman–Crippen MR) is 101 cm³/mol. The van der Waals surface area contributed by atoms with Crippen LogP contribution in [0.4, 0.5) is 0 Å². The van der Waals surface area contributed by atoms with Crippen molar-refractivity contribution in [1.82, 2.24) is 15.2 Å². The van der Waals surface area contributed by atoms with Gasteiger partial charge in [-0.05, 0) is 47.3 Å². The number of carbonyl (C=O) groups excluding carboxylic acids is 1. The molecular weight excluding hydrogens is 418 g/mol. The van der Waals surface area contributed by atoms with Gasteiger partial charge in [0.2, 0.25) is 0 Å². The van der Waals surface area contributed by atoms with Gasteiger partial charge in [0, 0.05) is 30.6 Å². The molecule has 23 heavy (non-hydrogen) atoms. The maximum Gasteiger partial charge on any atom is 0.273 e. The second kappa shape index (κ2) is 7.19. The normalized spacial score (nSPS) is 23.4. The van der Waals surface area contributed by atoms with E-state index in [1.165, 1.54) is 12.8 Å². The van der Waals surface area contributed by atoms with E-state index in [-0.39, 0.29) is 18.3 Å². The second-order valence-electron chi connectivity index (χ2n) is 5.82. The zero-order valence-electron chi connectivity index (χ0n) is 12.3. The van der Waals surface area contributed by atoms with Gasteiger partial charge < -0.3 is 10.2 Å². The largest absolute Gasteiger partial charge is 0.336 e. The molecule has 2 aliphatic heterocycles. The van der Waals surface area contributed by atoms with E-state index in [1.807, 2.05) is 22.4 Å². The van der Waals surface area contributed by atoms with Crippen molar-refractivity contribution in [3.63, 3.8) is 0 Å². The average molecular weight is 435 g/mol. The van der Waals surface area contributed by atoms with Crippen LogP contribution >= 0.6 is 51.0 Å². The minimum atomic E-state index is 0. The maximum absolute atomic E-state index is 12.7. The number of fused-ring (bicyclic) bond motifs is 2. The maximum atomic E-state index is 12.7. The number of likely N-dealkylation sites (tertiary alicyclic amines) is 1. The second-order valence-corrected chi connectivity index (χ2v) is 9.14. The third kappa shape index (κ3) is 3.64. The summed E-state index contributed by atoms with van der Waals surface area (Å²) in [6.45, 7) is 1.65. The van der Waals surface area contributed by atoms with Crippen LogP contribution in [0.5, 0.6) is 0 Å². The van der Waals surface area contributed by atoms with Gasteiger partial charge in [-0.15, -0.1) is 35.1 Å². The fourth-order valence-corrected chi connectivity index (χ4v) is 5.46. The van der Waals surface area contributed by atoms with Crippen molar-refractivity contribution in [3.8, 4) is 9.88 Å². The van der Waals surface area contributed by atoms with Gasteiger partial charge >= 0.3 is 0 Å². The summed E-state index contributed by atoms with van der Waals surface area (Å²) in [7, 11) is 0. The molecule has 1 N–H and O–H groups in total. The van der Waals surface area contributed by atoms with E-state index < -0.39 is 0 Å². The van der Waals surface area contributed by atoms with Crippen molar-refractivity contribution in [3.05, 3.63) is 27.0 Å². The molecule has 0 radical (unpaired) electrons. The smallest absolute Gasteiger partial charge is 0.273 e. The first-order valence-corrected chi connectivity index (χ1v) is 9.94. The van der Waals surface area contributed by atoms with Gasteiger partial charge in [-0.2, -0.15) is 0 Å². The van der Waals surface area contributed by atoms with E-state index in [2.05, 4.69) is 26.2 Å². The molecule has 124 valence electrons.